The molecule has 0 spiro atoms. The number of hydrogen-bond donors (Lipinski definition) is 1. The molecule has 0 saturated carbocycles. The van der Waals surface area contributed by atoms with Crippen LogP contribution in [0.4, 0.5) is 0 Å². The Morgan fingerprint density at radius 3 is 2.26 bits per heavy atom. The lowest BCUT2D eigenvalue weighted by Crippen LogP contribution is -2.42. The van der Waals surface area contributed by atoms with Crippen LogP contribution in [0.25, 0.3) is 0 Å². The molecule has 1 aromatic rings. The lowest BCUT2D eigenvalue weighted by atomic mass is 9.83. The smallest absolute Gasteiger partial charge is 0.328 e. The SMILES string of the molecule is C=N/C(C(=O)N[C@@H](C)C(=O)O[C@@H](C)[C@H](c1ccc(C)cc1OC)C(C)C)=C(OCOC(C)=O)\C(=C/C)OC. The van der Waals surface area contributed by atoms with Crippen LogP contribution >= 0.6 is 0 Å². The van der Waals surface area contributed by atoms with E-state index >= 15 is 0 Å². The molecule has 0 aliphatic rings. The molecule has 0 aromatic heterocycles. The lowest BCUT2D eigenvalue weighted by molar-refractivity contribution is -0.153. The maximum Gasteiger partial charge on any atom is 0.328 e. The summed E-state index contributed by atoms with van der Waals surface area (Å²) >= 11 is 0. The van der Waals surface area contributed by atoms with E-state index in [4.69, 9.17) is 23.7 Å². The molecule has 10 heteroatoms. The lowest BCUT2D eigenvalue weighted by Gasteiger charge is -2.30. The highest BCUT2D eigenvalue weighted by molar-refractivity contribution is 5.97. The number of aryl methyl sites for hydroxylation is 1. The van der Waals surface area contributed by atoms with Crippen molar-refractivity contribution in [2.75, 3.05) is 21.0 Å². The van der Waals surface area contributed by atoms with Gasteiger partial charge in [0.2, 0.25) is 6.79 Å². The molecule has 1 N–H and O–H groups in total. The summed E-state index contributed by atoms with van der Waals surface area (Å²) in [6.45, 7) is 15.2. The standard InChI is InChI=1S/C28H40N2O8/c1-11-22(34-9)26(37-15-36-20(7)31)25(29-8)27(32)30-18(5)28(33)38-19(6)24(16(2)3)21-13-12-17(4)14-23(21)35-10/h11-14,16,18-19,24H,8,15H2,1-7,9-10H3,(H,30,32)/b22-11+,26-25+/t18-,19-,24+/m0/s1. The number of esters is 2. The Hall–Kier alpha value is -3.82. The second-order valence-electron chi connectivity index (χ2n) is 8.94. The van der Waals surface area contributed by atoms with Gasteiger partial charge in [0.25, 0.3) is 5.91 Å². The van der Waals surface area contributed by atoms with Crippen LogP contribution in [0.15, 0.2) is 46.5 Å². The van der Waals surface area contributed by atoms with Crippen LogP contribution in [-0.2, 0) is 33.3 Å². The zero-order chi connectivity index (χ0) is 29.0. The Morgan fingerprint density at radius 1 is 1.11 bits per heavy atom. The number of carbonyl (C=O) groups is 3. The van der Waals surface area contributed by atoms with Crippen molar-refractivity contribution in [1.29, 1.82) is 0 Å². The van der Waals surface area contributed by atoms with Crippen molar-refractivity contribution >= 4 is 24.6 Å². The van der Waals surface area contributed by atoms with Crippen LogP contribution in [0.3, 0.4) is 0 Å². The van der Waals surface area contributed by atoms with Crippen molar-refractivity contribution < 1.29 is 38.1 Å². The molecular formula is C28H40N2O8. The van der Waals surface area contributed by atoms with Gasteiger partial charge in [-0.15, -0.1) is 0 Å². The Kier molecular flexibility index (Phi) is 13.1. The zero-order valence-electron chi connectivity index (χ0n) is 23.7. The summed E-state index contributed by atoms with van der Waals surface area (Å²) in [6.07, 6.45) is 1.02. The van der Waals surface area contributed by atoms with Gasteiger partial charge >= 0.3 is 11.9 Å². The van der Waals surface area contributed by atoms with E-state index in [2.05, 4.69) is 17.0 Å². The highest BCUT2D eigenvalue weighted by atomic mass is 16.7. The first-order chi connectivity index (χ1) is 17.9. The Labute approximate surface area is 225 Å². The maximum absolute atomic E-state index is 13.0. The predicted molar refractivity (Wildman–Crippen MR) is 144 cm³/mol. The van der Waals surface area contributed by atoms with Crippen LogP contribution in [0, 0.1) is 12.8 Å². The fourth-order valence-corrected chi connectivity index (χ4v) is 3.95. The maximum atomic E-state index is 13.0. The van der Waals surface area contributed by atoms with E-state index in [0.717, 1.165) is 16.9 Å². The largest absolute Gasteiger partial charge is 0.496 e. The summed E-state index contributed by atoms with van der Waals surface area (Å²) in [7, 11) is 2.98. The third kappa shape index (κ3) is 8.93. The minimum Gasteiger partial charge on any atom is -0.496 e. The molecule has 0 fully saturated rings. The van der Waals surface area contributed by atoms with E-state index in [-0.39, 0.29) is 29.1 Å². The van der Waals surface area contributed by atoms with Gasteiger partial charge in [0, 0.05) is 18.4 Å². The van der Waals surface area contributed by atoms with Gasteiger partial charge in [-0.25, -0.2) is 4.79 Å². The summed E-state index contributed by atoms with van der Waals surface area (Å²) < 4.78 is 26.8. The van der Waals surface area contributed by atoms with Crippen LogP contribution < -0.4 is 10.1 Å². The average Bonchev–Trinajstić information content (AvgIpc) is 2.85. The molecule has 0 bridgehead atoms. The number of ether oxygens (including phenoxy) is 5. The number of benzene rings is 1. The van der Waals surface area contributed by atoms with Crippen LogP contribution in [-0.4, -0.2) is 57.7 Å². The number of nitrogens with zero attached hydrogens (tertiary/aromatic N) is 1. The third-order valence-corrected chi connectivity index (χ3v) is 5.73. The highest BCUT2D eigenvalue weighted by Crippen LogP contribution is 2.36. The molecule has 1 rings (SSSR count). The molecule has 1 aromatic carbocycles. The van der Waals surface area contributed by atoms with Gasteiger partial charge in [0.1, 0.15) is 17.9 Å². The van der Waals surface area contributed by atoms with Crippen molar-refractivity contribution in [1.82, 2.24) is 5.32 Å². The summed E-state index contributed by atoms with van der Waals surface area (Å²) in [6, 6.07) is 4.88. The van der Waals surface area contributed by atoms with Gasteiger partial charge in [-0.05, 0) is 58.0 Å². The van der Waals surface area contributed by atoms with Gasteiger partial charge < -0.3 is 29.0 Å². The number of aliphatic imine (C=N–C) groups is 1. The quantitative estimate of drug-likeness (QED) is 0.0946. The van der Waals surface area contributed by atoms with Crippen molar-refractivity contribution in [3.63, 3.8) is 0 Å². The van der Waals surface area contributed by atoms with E-state index in [1.165, 1.54) is 27.0 Å². The summed E-state index contributed by atoms with van der Waals surface area (Å²) in [5.74, 6) is -1.21. The predicted octanol–water partition coefficient (Wildman–Crippen LogP) is 4.18. The van der Waals surface area contributed by atoms with Gasteiger partial charge in [-0.3, -0.25) is 14.6 Å². The summed E-state index contributed by atoms with van der Waals surface area (Å²) in [5, 5.41) is 2.56. The topological polar surface area (TPSA) is 122 Å². The van der Waals surface area contributed by atoms with E-state index in [0.29, 0.717) is 0 Å². The van der Waals surface area contributed by atoms with E-state index in [1.807, 2.05) is 45.9 Å². The first kappa shape index (κ1) is 32.2. The highest BCUT2D eigenvalue weighted by Gasteiger charge is 2.31. The van der Waals surface area contributed by atoms with Gasteiger partial charge in [0.05, 0.1) is 14.2 Å². The van der Waals surface area contributed by atoms with Crippen molar-refractivity contribution in [2.24, 2.45) is 10.9 Å². The molecule has 0 unspecified atom stereocenters. The molecule has 0 radical (unpaired) electrons. The number of nitrogens with one attached hydrogen (secondary N) is 1. The monoisotopic (exact) mass is 532 g/mol. The van der Waals surface area contributed by atoms with Crippen molar-refractivity contribution in [3.05, 3.63) is 52.6 Å². The average molecular weight is 533 g/mol. The minimum absolute atomic E-state index is 0.107. The number of hydrogen-bond acceptors (Lipinski definition) is 9. The van der Waals surface area contributed by atoms with Gasteiger partial charge in [-0.1, -0.05) is 26.0 Å². The Morgan fingerprint density at radius 2 is 1.76 bits per heavy atom. The number of allylic oxidation sites excluding steroid dienone is 1. The van der Waals surface area contributed by atoms with E-state index < -0.39 is 36.8 Å². The van der Waals surface area contributed by atoms with Crippen LogP contribution in [0.2, 0.25) is 0 Å². The second kappa shape index (κ2) is 15.4. The van der Waals surface area contributed by atoms with Crippen LogP contribution in [0.5, 0.6) is 5.75 Å². The van der Waals surface area contributed by atoms with E-state index in [1.54, 1.807) is 14.0 Å². The first-order valence-corrected chi connectivity index (χ1v) is 12.2. The normalized spacial score (nSPS) is 14.4. The summed E-state index contributed by atoms with van der Waals surface area (Å²) in [4.78, 5) is 40.9. The molecule has 3 atom stereocenters. The molecule has 1 amide bonds. The molecule has 210 valence electrons. The molecule has 0 aliphatic heterocycles. The summed E-state index contributed by atoms with van der Waals surface area (Å²) in [5.41, 5.74) is 1.72. The molecular weight excluding hydrogens is 492 g/mol. The van der Waals surface area contributed by atoms with E-state index in [9.17, 15) is 14.4 Å². The molecule has 0 saturated heterocycles. The fourth-order valence-electron chi connectivity index (χ4n) is 3.95. The van der Waals surface area contributed by atoms with Crippen molar-refractivity contribution in [3.8, 4) is 5.75 Å². The molecule has 0 heterocycles. The van der Waals surface area contributed by atoms with Crippen molar-refractivity contribution in [2.45, 2.75) is 66.5 Å². The van der Waals surface area contributed by atoms with Gasteiger partial charge in [-0.2, -0.15) is 0 Å². The first-order valence-electron chi connectivity index (χ1n) is 12.2. The second-order valence-corrected chi connectivity index (χ2v) is 8.94. The Balaban J connectivity index is 3.12. The number of rotatable bonds is 14. The minimum atomic E-state index is -1.03. The number of amides is 1. The third-order valence-electron chi connectivity index (χ3n) is 5.73. The fraction of sp³-hybridized carbons (Fsp3) is 0.500. The number of methoxy groups -OCH3 is 2. The Bertz CT molecular complexity index is 1060. The number of carbonyl (C=O) groups excluding carboxylic acids is 3. The van der Waals surface area contributed by atoms with Gasteiger partial charge in [0.15, 0.2) is 17.2 Å². The molecule has 38 heavy (non-hydrogen) atoms. The zero-order valence-corrected chi connectivity index (χ0v) is 23.7. The van der Waals surface area contributed by atoms with Crippen LogP contribution in [0.1, 0.15) is 58.6 Å². The molecule has 0 aliphatic carbocycles. The molecule has 10 nitrogen and oxygen atoms in total.